The van der Waals surface area contributed by atoms with Gasteiger partial charge in [0.2, 0.25) is 0 Å². The second kappa shape index (κ2) is 5.38. The van der Waals surface area contributed by atoms with Crippen LogP contribution in [0.15, 0.2) is 18.2 Å². The van der Waals surface area contributed by atoms with Crippen LogP contribution >= 0.6 is 0 Å². The van der Waals surface area contributed by atoms with Crippen molar-refractivity contribution < 1.29 is 0 Å². The predicted molar refractivity (Wildman–Crippen MR) is 76.6 cm³/mol. The van der Waals surface area contributed by atoms with Crippen LogP contribution < -0.4 is 5.73 Å². The third-order valence-electron chi connectivity index (χ3n) is 3.87. The fraction of sp³-hybridized carbons (Fsp3) is 0.500. The van der Waals surface area contributed by atoms with Crippen LogP contribution in [0.4, 0.5) is 5.69 Å². The lowest BCUT2D eigenvalue weighted by Crippen LogP contribution is -2.16. The van der Waals surface area contributed by atoms with Gasteiger partial charge in [-0.1, -0.05) is 32.4 Å². The molecule has 5 heteroatoms. The van der Waals surface area contributed by atoms with Crippen LogP contribution in [-0.4, -0.2) is 20.2 Å². The van der Waals surface area contributed by atoms with E-state index in [2.05, 4.69) is 36.3 Å². The smallest absolute Gasteiger partial charge is 0.184 e. The first-order chi connectivity index (χ1) is 9.06. The van der Waals surface area contributed by atoms with Gasteiger partial charge in [0.15, 0.2) is 5.82 Å². The molecule has 0 spiro atoms. The number of nitrogens with zero attached hydrogens (tertiary/aromatic N) is 4. The molecule has 2 N–H and O–H groups in total. The van der Waals surface area contributed by atoms with Crippen LogP contribution in [0, 0.1) is 12.8 Å². The molecule has 0 bridgehead atoms. The third-order valence-corrected chi connectivity index (χ3v) is 3.87. The number of aromatic nitrogens is 4. The van der Waals surface area contributed by atoms with Gasteiger partial charge in [-0.15, -0.1) is 5.10 Å². The predicted octanol–water partition coefficient (Wildman–Crippen LogP) is 2.84. The Kier molecular flexibility index (Phi) is 3.83. The summed E-state index contributed by atoms with van der Waals surface area (Å²) in [5.41, 5.74) is 8.82. The molecule has 2 aromatic rings. The van der Waals surface area contributed by atoms with Crippen molar-refractivity contribution in [2.24, 2.45) is 5.92 Å². The Hall–Kier alpha value is -1.91. The van der Waals surface area contributed by atoms with Crippen molar-refractivity contribution in [3.8, 4) is 11.4 Å². The SMILES string of the molecule is CCC(C)C(C)n1nnnc1-c1c(C)cccc1N. The van der Waals surface area contributed by atoms with Crippen LogP contribution in [-0.2, 0) is 0 Å². The van der Waals surface area contributed by atoms with Crippen LogP contribution in [0.1, 0.15) is 38.8 Å². The Bertz CT molecular complexity index is 540. The Labute approximate surface area is 113 Å². The molecular formula is C14H21N5. The Morgan fingerprint density at radius 1 is 1.32 bits per heavy atom. The summed E-state index contributed by atoms with van der Waals surface area (Å²) in [5, 5.41) is 12.1. The number of benzene rings is 1. The molecule has 0 fully saturated rings. The van der Waals surface area contributed by atoms with Crippen molar-refractivity contribution in [1.82, 2.24) is 20.2 Å². The zero-order valence-electron chi connectivity index (χ0n) is 12.0. The molecular weight excluding hydrogens is 238 g/mol. The minimum atomic E-state index is 0.244. The Balaban J connectivity index is 2.51. The first-order valence-corrected chi connectivity index (χ1v) is 6.69. The number of tetrazole rings is 1. The number of aryl methyl sites for hydroxylation is 1. The molecule has 2 rings (SSSR count). The largest absolute Gasteiger partial charge is 0.398 e. The zero-order valence-corrected chi connectivity index (χ0v) is 12.0. The highest BCUT2D eigenvalue weighted by atomic mass is 15.5. The second-order valence-corrected chi connectivity index (χ2v) is 5.11. The van der Waals surface area contributed by atoms with E-state index >= 15 is 0 Å². The van der Waals surface area contributed by atoms with E-state index in [1.807, 2.05) is 29.8 Å². The van der Waals surface area contributed by atoms with Gasteiger partial charge in [-0.05, 0) is 41.8 Å². The normalized spacial score (nSPS) is 14.3. The molecule has 2 atom stereocenters. The minimum absolute atomic E-state index is 0.244. The van der Waals surface area contributed by atoms with Gasteiger partial charge < -0.3 is 5.73 Å². The molecule has 0 saturated heterocycles. The maximum Gasteiger partial charge on any atom is 0.184 e. The molecule has 0 amide bonds. The number of nitrogens with two attached hydrogens (primary N) is 1. The lowest BCUT2D eigenvalue weighted by atomic mass is 10.00. The molecule has 19 heavy (non-hydrogen) atoms. The molecule has 1 heterocycles. The van der Waals surface area contributed by atoms with Crippen LogP contribution in [0.2, 0.25) is 0 Å². The van der Waals surface area contributed by atoms with E-state index in [-0.39, 0.29) is 6.04 Å². The summed E-state index contributed by atoms with van der Waals surface area (Å²) in [4.78, 5) is 0. The average Bonchev–Trinajstić information content (AvgIpc) is 2.85. The molecule has 0 aliphatic carbocycles. The topological polar surface area (TPSA) is 69.6 Å². The maximum atomic E-state index is 6.08. The van der Waals surface area contributed by atoms with Gasteiger partial charge in [0.25, 0.3) is 0 Å². The second-order valence-electron chi connectivity index (χ2n) is 5.11. The lowest BCUT2D eigenvalue weighted by molar-refractivity contribution is 0.340. The highest BCUT2D eigenvalue weighted by Crippen LogP contribution is 2.30. The molecule has 1 aromatic carbocycles. The zero-order chi connectivity index (χ0) is 14.0. The van der Waals surface area contributed by atoms with E-state index in [1.165, 1.54) is 0 Å². The van der Waals surface area contributed by atoms with Crippen molar-refractivity contribution >= 4 is 5.69 Å². The number of hydrogen-bond donors (Lipinski definition) is 1. The first kappa shape index (κ1) is 13.5. The van der Waals surface area contributed by atoms with Crippen molar-refractivity contribution in [2.75, 3.05) is 5.73 Å². The van der Waals surface area contributed by atoms with E-state index in [1.54, 1.807) is 0 Å². The molecule has 1 aromatic heterocycles. The quantitative estimate of drug-likeness (QED) is 0.857. The molecule has 0 saturated carbocycles. The van der Waals surface area contributed by atoms with Crippen molar-refractivity contribution in [2.45, 2.75) is 40.2 Å². The van der Waals surface area contributed by atoms with E-state index in [4.69, 9.17) is 5.73 Å². The fourth-order valence-corrected chi connectivity index (χ4v) is 2.21. The number of hydrogen-bond acceptors (Lipinski definition) is 4. The average molecular weight is 259 g/mol. The molecule has 5 nitrogen and oxygen atoms in total. The number of nitrogen functional groups attached to an aromatic ring is 1. The monoisotopic (exact) mass is 259 g/mol. The third kappa shape index (κ3) is 2.45. The molecule has 0 aliphatic heterocycles. The molecule has 0 aliphatic rings. The van der Waals surface area contributed by atoms with E-state index in [9.17, 15) is 0 Å². The maximum absolute atomic E-state index is 6.08. The van der Waals surface area contributed by atoms with Gasteiger partial charge in [0.05, 0.1) is 6.04 Å². The lowest BCUT2D eigenvalue weighted by Gasteiger charge is -2.20. The van der Waals surface area contributed by atoms with E-state index < -0.39 is 0 Å². The van der Waals surface area contributed by atoms with Crippen LogP contribution in [0.3, 0.4) is 0 Å². The van der Waals surface area contributed by atoms with Crippen molar-refractivity contribution in [3.05, 3.63) is 23.8 Å². The Morgan fingerprint density at radius 2 is 2.05 bits per heavy atom. The standard InChI is InChI=1S/C14H21N5/c1-5-9(2)11(4)19-14(16-17-18-19)13-10(3)7-6-8-12(13)15/h6-9,11H,5,15H2,1-4H3. The minimum Gasteiger partial charge on any atom is -0.398 e. The first-order valence-electron chi connectivity index (χ1n) is 6.69. The molecule has 102 valence electrons. The highest BCUT2D eigenvalue weighted by Gasteiger charge is 2.21. The van der Waals surface area contributed by atoms with Crippen LogP contribution in [0.25, 0.3) is 11.4 Å². The summed E-state index contributed by atoms with van der Waals surface area (Å²) in [6.07, 6.45) is 1.09. The highest BCUT2D eigenvalue weighted by molar-refractivity contribution is 5.74. The number of rotatable bonds is 4. The van der Waals surface area contributed by atoms with Crippen molar-refractivity contribution in [1.29, 1.82) is 0 Å². The summed E-state index contributed by atoms with van der Waals surface area (Å²) in [5.74, 6) is 1.26. The summed E-state index contributed by atoms with van der Waals surface area (Å²) >= 11 is 0. The van der Waals surface area contributed by atoms with Gasteiger partial charge in [-0.25, -0.2) is 4.68 Å². The van der Waals surface area contributed by atoms with E-state index in [0.29, 0.717) is 11.6 Å². The van der Waals surface area contributed by atoms with E-state index in [0.717, 1.165) is 23.4 Å². The molecule has 2 unspecified atom stereocenters. The van der Waals surface area contributed by atoms with Gasteiger partial charge in [0.1, 0.15) is 0 Å². The van der Waals surface area contributed by atoms with Gasteiger partial charge >= 0.3 is 0 Å². The summed E-state index contributed by atoms with van der Waals surface area (Å²) in [6.45, 7) is 8.55. The summed E-state index contributed by atoms with van der Waals surface area (Å²) in [6, 6.07) is 6.10. The fourth-order valence-electron chi connectivity index (χ4n) is 2.21. The van der Waals surface area contributed by atoms with Crippen LogP contribution in [0.5, 0.6) is 0 Å². The number of anilines is 1. The van der Waals surface area contributed by atoms with Gasteiger partial charge in [-0.2, -0.15) is 0 Å². The van der Waals surface area contributed by atoms with Crippen molar-refractivity contribution in [3.63, 3.8) is 0 Å². The van der Waals surface area contributed by atoms with Gasteiger partial charge in [-0.3, -0.25) is 0 Å². The molecule has 0 radical (unpaired) electrons. The Morgan fingerprint density at radius 3 is 2.68 bits per heavy atom. The van der Waals surface area contributed by atoms with Gasteiger partial charge in [0, 0.05) is 11.3 Å². The summed E-state index contributed by atoms with van der Waals surface area (Å²) in [7, 11) is 0. The summed E-state index contributed by atoms with van der Waals surface area (Å²) < 4.78 is 1.88.